The first-order chi connectivity index (χ1) is 16.5. The van der Waals surface area contributed by atoms with Gasteiger partial charge >= 0.3 is 0 Å². The quantitative estimate of drug-likeness (QED) is 0.361. The zero-order valence-corrected chi connectivity index (χ0v) is 18.7. The Kier molecular flexibility index (Phi) is 5.38. The number of carbonyl (C=O) groups is 1. The van der Waals surface area contributed by atoms with Gasteiger partial charge in [-0.25, -0.2) is 15.0 Å². The van der Waals surface area contributed by atoms with Gasteiger partial charge in [-0.15, -0.1) is 0 Å². The number of aryl methyl sites for hydroxylation is 2. The normalized spacial score (nSPS) is 11.0. The second-order valence-corrected chi connectivity index (χ2v) is 7.71. The number of H-pyrrole nitrogens is 1. The number of hydrogen-bond donors (Lipinski definition) is 2. The molecule has 0 aliphatic rings. The molecule has 0 atom stereocenters. The van der Waals surface area contributed by atoms with Gasteiger partial charge in [-0.1, -0.05) is 12.6 Å². The van der Waals surface area contributed by atoms with Gasteiger partial charge in [0.05, 0.1) is 18.4 Å². The lowest BCUT2D eigenvalue weighted by atomic mass is 10.1. The van der Waals surface area contributed by atoms with E-state index in [0.717, 1.165) is 22.6 Å². The van der Waals surface area contributed by atoms with E-state index in [4.69, 9.17) is 4.74 Å². The maximum absolute atomic E-state index is 11.6. The van der Waals surface area contributed by atoms with E-state index in [0.29, 0.717) is 35.0 Å². The average molecular weight is 454 g/mol. The first kappa shape index (κ1) is 21.1. The summed E-state index contributed by atoms with van der Waals surface area (Å²) in [7, 11) is 1.96. The van der Waals surface area contributed by atoms with Crippen LogP contribution in [0.3, 0.4) is 0 Å². The van der Waals surface area contributed by atoms with Gasteiger partial charge in [-0.2, -0.15) is 5.10 Å². The molecule has 1 aromatic carbocycles. The van der Waals surface area contributed by atoms with E-state index in [1.54, 1.807) is 36.7 Å². The van der Waals surface area contributed by atoms with Crippen LogP contribution in [0.2, 0.25) is 0 Å². The van der Waals surface area contributed by atoms with Gasteiger partial charge in [0.1, 0.15) is 17.1 Å². The average Bonchev–Trinajstić information content (AvgIpc) is 3.52. The summed E-state index contributed by atoms with van der Waals surface area (Å²) >= 11 is 0. The van der Waals surface area contributed by atoms with Crippen LogP contribution in [0.25, 0.3) is 22.3 Å². The Morgan fingerprint density at radius 2 is 2.18 bits per heavy atom. The molecule has 4 heterocycles. The van der Waals surface area contributed by atoms with Crippen molar-refractivity contribution < 1.29 is 9.53 Å². The number of fused-ring (bicyclic) bond motifs is 1. The molecule has 0 aliphatic carbocycles. The summed E-state index contributed by atoms with van der Waals surface area (Å²) < 4.78 is 9.76. The number of amides is 1. The number of aromatic amines is 1. The van der Waals surface area contributed by atoms with E-state index < -0.39 is 0 Å². The SMILES string of the molecule is C=CC(=O)Nc1cccc(Oc2cnc3[nH]cc(-c4cn(Cc5nccn5C)nc4C)c3n2)c1. The number of imidazole rings is 1. The molecule has 2 N–H and O–H groups in total. The fraction of sp³-hybridized carbons (Fsp3) is 0.125. The number of nitrogens with zero attached hydrogens (tertiary/aromatic N) is 6. The molecule has 5 rings (SSSR count). The summed E-state index contributed by atoms with van der Waals surface area (Å²) in [6.45, 7) is 5.98. The number of benzene rings is 1. The molecule has 10 nitrogen and oxygen atoms in total. The number of ether oxygens (including phenoxy) is 1. The third-order valence-electron chi connectivity index (χ3n) is 5.33. The molecule has 10 heteroatoms. The third-order valence-corrected chi connectivity index (χ3v) is 5.33. The van der Waals surface area contributed by atoms with Crippen LogP contribution in [0.5, 0.6) is 11.6 Å². The molecule has 0 saturated heterocycles. The molecule has 0 spiro atoms. The number of hydrogen-bond acceptors (Lipinski definition) is 6. The number of rotatable bonds is 7. The minimum atomic E-state index is -0.297. The van der Waals surface area contributed by atoms with Crippen molar-refractivity contribution in [2.75, 3.05) is 5.32 Å². The first-order valence-electron chi connectivity index (χ1n) is 10.6. The van der Waals surface area contributed by atoms with Crippen molar-refractivity contribution in [3.63, 3.8) is 0 Å². The number of anilines is 1. The Morgan fingerprint density at radius 3 is 2.97 bits per heavy atom. The van der Waals surface area contributed by atoms with E-state index >= 15 is 0 Å². The smallest absolute Gasteiger partial charge is 0.247 e. The predicted molar refractivity (Wildman–Crippen MR) is 127 cm³/mol. The summed E-state index contributed by atoms with van der Waals surface area (Å²) in [5, 5.41) is 7.36. The Labute approximate surface area is 195 Å². The molecule has 0 aliphatic heterocycles. The Balaban J connectivity index is 1.43. The van der Waals surface area contributed by atoms with Gasteiger partial charge in [0.2, 0.25) is 11.8 Å². The van der Waals surface area contributed by atoms with E-state index in [2.05, 4.69) is 36.9 Å². The van der Waals surface area contributed by atoms with Crippen molar-refractivity contribution in [1.82, 2.24) is 34.3 Å². The van der Waals surface area contributed by atoms with Crippen LogP contribution in [0.1, 0.15) is 11.5 Å². The van der Waals surface area contributed by atoms with Gasteiger partial charge in [-0.05, 0) is 25.1 Å². The zero-order chi connectivity index (χ0) is 23.7. The van der Waals surface area contributed by atoms with Crippen LogP contribution in [0, 0.1) is 6.92 Å². The monoisotopic (exact) mass is 454 g/mol. The molecular formula is C24H22N8O2. The van der Waals surface area contributed by atoms with Gasteiger partial charge in [0.15, 0.2) is 5.65 Å². The molecule has 0 radical (unpaired) electrons. The summed E-state index contributed by atoms with van der Waals surface area (Å²) in [5.74, 6) is 1.47. The fourth-order valence-corrected chi connectivity index (χ4v) is 3.64. The minimum absolute atomic E-state index is 0.297. The molecule has 170 valence electrons. The van der Waals surface area contributed by atoms with E-state index in [-0.39, 0.29) is 5.91 Å². The van der Waals surface area contributed by atoms with Crippen LogP contribution in [-0.4, -0.2) is 40.2 Å². The van der Waals surface area contributed by atoms with E-state index in [1.165, 1.54) is 6.08 Å². The largest absolute Gasteiger partial charge is 0.437 e. The molecule has 0 bridgehead atoms. The van der Waals surface area contributed by atoms with E-state index in [1.807, 2.05) is 41.8 Å². The predicted octanol–water partition coefficient (Wildman–Crippen LogP) is 3.83. The number of carbonyl (C=O) groups excluding carboxylic acids is 1. The second-order valence-electron chi connectivity index (χ2n) is 7.71. The van der Waals surface area contributed by atoms with Gasteiger partial charge < -0.3 is 19.6 Å². The molecule has 0 unspecified atom stereocenters. The lowest BCUT2D eigenvalue weighted by Gasteiger charge is -2.07. The highest BCUT2D eigenvalue weighted by Crippen LogP contribution is 2.31. The maximum Gasteiger partial charge on any atom is 0.247 e. The summed E-state index contributed by atoms with van der Waals surface area (Å²) in [6, 6.07) is 7.02. The highest BCUT2D eigenvalue weighted by atomic mass is 16.5. The topological polar surface area (TPSA) is 116 Å². The van der Waals surface area contributed by atoms with Crippen LogP contribution >= 0.6 is 0 Å². The molecule has 0 fully saturated rings. The van der Waals surface area contributed by atoms with Gasteiger partial charge in [-0.3, -0.25) is 9.48 Å². The van der Waals surface area contributed by atoms with Gasteiger partial charge in [0, 0.05) is 54.7 Å². The standard InChI is InChI=1S/C24H22N8O2/c1-4-21(33)28-16-6-5-7-17(10-16)34-22-12-27-24-23(29-22)18(11-26-24)19-13-32(30-15(19)2)14-20-25-8-9-31(20)3/h4-13H,1,14H2,2-3H3,(H,26,27)(H,28,33). The lowest BCUT2D eigenvalue weighted by Crippen LogP contribution is -2.07. The molecule has 0 saturated carbocycles. The minimum Gasteiger partial charge on any atom is -0.437 e. The maximum atomic E-state index is 11.6. The van der Waals surface area contributed by atoms with Crippen LogP contribution < -0.4 is 10.1 Å². The van der Waals surface area contributed by atoms with Crippen molar-refractivity contribution in [3.8, 4) is 22.8 Å². The van der Waals surface area contributed by atoms with Crippen molar-refractivity contribution in [2.24, 2.45) is 7.05 Å². The Hall–Kier alpha value is -4.73. The first-order valence-corrected chi connectivity index (χ1v) is 10.6. The highest BCUT2D eigenvalue weighted by molar-refractivity contribution is 5.99. The zero-order valence-electron chi connectivity index (χ0n) is 18.7. The second kappa shape index (κ2) is 8.66. The van der Waals surface area contributed by atoms with Crippen molar-refractivity contribution in [2.45, 2.75) is 13.5 Å². The van der Waals surface area contributed by atoms with Crippen molar-refractivity contribution in [3.05, 3.63) is 79.4 Å². The van der Waals surface area contributed by atoms with E-state index in [9.17, 15) is 4.79 Å². The lowest BCUT2D eigenvalue weighted by molar-refractivity contribution is -0.111. The van der Waals surface area contributed by atoms with Crippen molar-refractivity contribution in [1.29, 1.82) is 0 Å². The number of aromatic nitrogens is 7. The summed E-state index contributed by atoms with van der Waals surface area (Å²) in [6.07, 6.45) is 10.3. The van der Waals surface area contributed by atoms with Crippen LogP contribution in [-0.2, 0) is 18.4 Å². The Morgan fingerprint density at radius 1 is 1.29 bits per heavy atom. The van der Waals surface area contributed by atoms with Crippen LogP contribution in [0.4, 0.5) is 5.69 Å². The fourth-order valence-electron chi connectivity index (χ4n) is 3.64. The molecular weight excluding hydrogens is 432 g/mol. The van der Waals surface area contributed by atoms with Crippen molar-refractivity contribution >= 4 is 22.8 Å². The summed E-state index contributed by atoms with van der Waals surface area (Å²) in [5.41, 5.74) is 4.60. The highest BCUT2D eigenvalue weighted by Gasteiger charge is 2.16. The molecule has 5 aromatic rings. The van der Waals surface area contributed by atoms with Gasteiger partial charge in [0.25, 0.3) is 0 Å². The van der Waals surface area contributed by atoms with Crippen LogP contribution in [0.15, 0.2) is 67.9 Å². The Bertz CT molecular complexity index is 1510. The molecule has 4 aromatic heterocycles. The third kappa shape index (κ3) is 4.16. The number of nitrogens with one attached hydrogen (secondary N) is 2. The summed E-state index contributed by atoms with van der Waals surface area (Å²) in [4.78, 5) is 28.2. The molecule has 34 heavy (non-hydrogen) atoms. The molecule has 1 amide bonds.